The van der Waals surface area contributed by atoms with Crippen molar-refractivity contribution in [3.63, 3.8) is 0 Å². The lowest BCUT2D eigenvalue weighted by Crippen LogP contribution is -1.82. The smallest absolute Gasteiger partial charge is 0.190 e. The number of hydrogen-bond acceptors (Lipinski definition) is 2. The maximum Gasteiger partial charge on any atom is 0.190 e. The highest BCUT2D eigenvalue weighted by molar-refractivity contribution is 5.75. The van der Waals surface area contributed by atoms with E-state index in [9.17, 15) is 4.79 Å². The lowest BCUT2D eigenvalue weighted by Gasteiger charge is -1.98. The standard InChI is InChI=1S/C11H10O2/c1-7-10(11(7)12)8-3-5-9(13-2)6-4-8/h3-6H,1-2H3. The third-order valence-electron chi connectivity index (χ3n) is 2.26. The molecule has 2 heteroatoms. The summed E-state index contributed by atoms with van der Waals surface area (Å²) in [5.41, 5.74) is 2.92. The van der Waals surface area contributed by atoms with Crippen LogP contribution in [0.25, 0.3) is 11.1 Å². The molecule has 0 aliphatic heterocycles. The maximum atomic E-state index is 11.1. The molecule has 0 spiro atoms. The molecule has 0 unspecified atom stereocenters. The predicted octanol–water partition coefficient (Wildman–Crippen LogP) is 1.91. The minimum Gasteiger partial charge on any atom is -0.497 e. The normalized spacial score (nSPS) is 10.6. The lowest BCUT2D eigenvalue weighted by molar-refractivity contribution is 0.415. The van der Waals surface area contributed by atoms with Gasteiger partial charge in [0, 0.05) is 11.1 Å². The Morgan fingerprint density at radius 1 is 1.15 bits per heavy atom. The van der Waals surface area contributed by atoms with Gasteiger partial charge in [-0.3, -0.25) is 4.79 Å². The zero-order valence-electron chi connectivity index (χ0n) is 7.63. The van der Waals surface area contributed by atoms with Crippen molar-refractivity contribution in [1.29, 1.82) is 0 Å². The molecule has 0 N–H and O–H groups in total. The summed E-state index contributed by atoms with van der Waals surface area (Å²) in [7, 11) is 1.63. The van der Waals surface area contributed by atoms with Crippen LogP contribution in [0.5, 0.6) is 5.75 Å². The van der Waals surface area contributed by atoms with Crippen LogP contribution in [0.4, 0.5) is 0 Å². The van der Waals surface area contributed by atoms with Gasteiger partial charge in [0.1, 0.15) is 5.75 Å². The first-order valence-electron chi connectivity index (χ1n) is 4.14. The third-order valence-corrected chi connectivity index (χ3v) is 2.26. The monoisotopic (exact) mass is 174 g/mol. The second-order valence-electron chi connectivity index (χ2n) is 3.06. The van der Waals surface area contributed by atoms with Crippen molar-refractivity contribution in [2.45, 2.75) is 6.92 Å². The largest absolute Gasteiger partial charge is 0.497 e. The van der Waals surface area contributed by atoms with Crippen molar-refractivity contribution in [2.75, 3.05) is 7.11 Å². The molecule has 0 heterocycles. The van der Waals surface area contributed by atoms with Crippen LogP contribution in [0.15, 0.2) is 29.1 Å². The fourth-order valence-corrected chi connectivity index (χ4v) is 1.36. The van der Waals surface area contributed by atoms with Crippen molar-refractivity contribution < 1.29 is 4.74 Å². The Hall–Kier alpha value is -1.57. The van der Waals surface area contributed by atoms with Crippen LogP contribution in [0.2, 0.25) is 0 Å². The van der Waals surface area contributed by atoms with E-state index in [1.165, 1.54) is 0 Å². The summed E-state index contributed by atoms with van der Waals surface area (Å²) in [6, 6.07) is 7.54. The molecule has 0 saturated carbocycles. The minimum atomic E-state index is 0.185. The van der Waals surface area contributed by atoms with E-state index in [0.717, 1.165) is 22.4 Å². The van der Waals surface area contributed by atoms with Crippen molar-refractivity contribution in [3.8, 4) is 16.9 Å². The van der Waals surface area contributed by atoms with Crippen molar-refractivity contribution in [1.82, 2.24) is 0 Å². The lowest BCUT2D eigenvalue weighted by atomic mass is 10.2. The molecule has 2 aromatic carbocycles. The van der Waals surface area contributed by atoms with E-state index in [4.69, 9.17) is 4.74 Å². The molecule has 2 aromatic rings. The molecule has 66 valence electrons. The van der Waals surface area contributed by atoms with Crippen molar-refractivity contribution >= 4 is 0 Å². The van der Waals surface area contributed by atoms with Gasteiger partial charge in [0.2, 0.25) is 0 Å². The Morgan fingerprint density at radius 2 is 1.69 bits per heavy atom. The average Bonchev–Trinajstić information content (AvgIpc) is 2.75. The van der Waals surface area contributed by atoms with E-state index in [0.29, 0.717) is 0 Å². The number of hydrogen-bond donors (Lipinski definition) is 0. The van der Waals surface area contributed by atoms with Crippen LogP contribution < -0.4 is 10.2 Å². The minimum absolute atomic E-state index is 0.185. The third kappa shape index (κ3) is 1.24. The van der Waals surface area contributed by atoms with Crippen LogP contribution in [-0.2, 0) is 0 Å². The summed E-state index contributed by atoms with van der Waals surface area (Å²) in [4.78, 5) is 11.1. The van der Waals surface area contributed by atoms with E-state index >= 15 is 0 Å². The van der Waals surface area contributed by atoms with Gasteiger partial charge in [-0.1, -0.05) is 12.1 Å². The molecule has 13 heavy (non-hydrogen) atoms. The van der Waals surface area contributed by atoms with Crippen LogP contribution in [0, 0.1) is 6.92 Å². The van der Waals surface area contributed by atoms with Gasteiger partial charge in [0.15, 0.2) is 5.43 Å². The molecule has 0 atom stereocenters. The highest BCUT2D eigenvalue weighted by Crippen LogP contribution is 2.25. The van der Waals surface area contributed by atoms with Crippen LogP contribution in [-0.4, -0.2) is 7.11 Å². The van der Waals surface area contributed by atoms with E-state index in [1.54, 1.807) is 7.11 Å². The molecular formula is C11H10O2. The van der Waals surface area contributed by atoms with Crippen molar-refractivity contribution in [3.05, 3.63) is 40.1 Å². The first-order valence-corrected chi connectivity index (χ1v) is 4.14. The van der Waals surface area contributed by atoms with Crippen LogP contribution in [0.1, 0.15) is 5.56 Å². The van der Waals surface area contributed by atoms with Gasteiger partial charge in [-0.2, -0.15) is 0 Å². The number of ether oxygens (including phenoxy) is 1. The topological polar surface area (TPSA) is 26.3 Å². The molecule has 0 amide bonds. The Kier molecular flexibility index (Phi) is 1.69. The fraction of sp³-hybridized carbons (Fsp3) is 0.182. The Labute approximate surface area is 76.5 Å². The Morgan fingerprint density at radius 3 is 2.08 bits per heavy atom. The zero-order valence-corrected chi connectivity index (χ0v) is 7.63. The molecule has 0 aromatic heterocycles. The molecule has 0 radical (unpaired) electrons. The van der Waals surface area contributed by atoms with E-state index in [2.05, 4.69) is 0 Å². The van der Waals surface area contributed by atoms with Gasteiger partial charge < -0.3 is 4.74 Å². The molecule has 0 aliphatic rings. The van der Waals surface area contributed by atoms with Crippen molar-refractivity contribution in [2.24, 2.45) is 0 Å². The second kappa shape index (κ2) is 2.73. The molecule has 0 saturated heterocycles. The molecule has 2 nitrogen and oxygen atoms in total. The fourth-order valence-electron chi connectivity index (χ4n) is 1.36. The van der Waals surface area contributed by atoms with E-state index < -0.39 is 0 Å². The molecule has 0 bridgehead atoms. The number of rotatable bonds is 2. The van der Waals surface area contributed by atoms with Crippen LogP contribution >= 0.6 is 0 Å². The summed E-state index contributed by atoms with van der Waals surface area (Å²) in [5, 5.41) is 0. The average molecular weight is 174 g/mol. The van der Waals surface area contributed by atoms with Gasteiger partial charge in [-0.15, -0.1) is 0 Å². The van der Waals surface area contributed by atoms with Gasteiger partial charge >= 0.3 is 0 Å². The first kappa shape index (κ1) is 8.05. The summed E-state index contributed by atoms with van der Waals surface area (Å²) in [6.45, 7) is 1.85. The van der Waals surface area contributed by atoms with E-state index in [-0.39, 0.29) is 5.43 Å². The molecule has 0 aliphatic carbocycles. The molecular weight excluding hydrogens is 164 g/mol. The van der Waals surface area contributed by atoms with Crippen LogP contribution in [0.3, 0.4) is 0 Å². The van der Waals surface area contributed by atoms with Gasteiger partial charge in [-0.25, -0.2) is 0 Å². The van der Waals surface area contributed by atoms with Gasteiger partial charge in [0.05, 0.1) is 7.11 Å². The van der Waals surface area contributed by atoms with E-state index in [1.807, 2.05) is 31.2 Å². The summed E-state index contributed by atoms with van der Waals surface area (Å²) in [6.07, 6.45) is 0. The zero-order chi connectivity index (χ0) is 9.42. The summed E-state index contributed by atoms with van der Waals surface area (Å²) >= 11 is 0. The Bertz CT molecular complexity index is 431. The summed E-state index contributed by atoms with van der Waals surface area (Å²) in [5.74, 6) is 0.815. The maximum absolute atomic E-state index is 11.1. The first-order chi connectivity index (χ1) is 6.24. The highest BCUT2D eigenvalue weighted by atomic mass is 16.5. The second-order valence-corrected chi connectivity index (χ2v) is 3.06. The number of benzene rings is 1. The summed E-state index contributed by atoms with van der Waals surface area (Å²) < 4.78 is 5.02. The SMILES string of the molecule is COc1ccc(-c2c(C)c2=O)cc1. The quantitative estimate of drug-likeness (QED) is 0.695. The number of methoxy groups -OCH3 is 1. The van der Waals surface area contributed by atoms with Gasteiger partial charge in [-0.05, 0) is 24.6 Å². The molecule has 2 rings (SSSR count). The molecule has 0 fully saturated rings. The van der Waals surface area contributed by atoms with Gasteiger partial charge in [0.25, 0.3) is 0 Å². The Balaban J connectivity index is 2.34. The predicted molar refractivity (Wildman–Crippen MR) is 51.8 cm³/mol. The highest BCUT2D eigenvalue weighted by Gasteiger charge is 2.18.